The molecule has 1 N–H and O–H groups in total. The van der Waals surface area contributed by atoms with Crippen molar-refractivity contribution in [2.45, 2.75) is 18.6 Å². The minimum Gasteiger partial charge on any atom is -0.385 e. The van der Waals surface area contributed by atoms with Crippen molar-refractivity contribution >= 4 is 23.4 Å². The molecule has 7 heteroatoms. The second-order valence-electron chi connectivity index (χ2n) is 5.37. The zero-order valence-electron chi connectivity index (χ0n) is 13.3. The highest BCUT2D eigenvalue weighted by Crippen LogP contribution is 2.30. The number of carbonyl (C=O) groups is 2. The normalized spacial score (nSPS) is 21.3. The fraction of sp³-hybridized carbons (Fsp3) is 0.500. The molecule has 2 rings (SSSR count). The van der Waals surface area contributed by atoms with Crippen LogP contribution in [0.4, 0.5) is 0 Å². The van der Waals surface area contributed by atoms with Gasteiger partial charge in [-0.05, 0) is 24.1 Å². The van der Waals surface area contributed by atoms with E-state index in [-0.39, 0.29) is 18.4 Å². The maximum Gasteiger partial charge on any atom is 0.251 e. The van der Waals surface area contributed by atoms with E-state index in [1.54, 1.807) is 43.3 Å². The van der Waals surface area contributed by atoms with Gasteiger partial charge in [-0.25, -0.2) is 0 Å². The van der Waals surface area contributed by atoms with Crippen molar-refractivity contribution in [2.24, 2.45) is 0 Å². The number of amides is 2. The highest BCUT2D eigenvalue weighted by molar-refractivity contribution is 6.30. The van der Waals surface area contributed by atoms with Gasteiger partial charge in [-0.3, -0.25) is 9.59 Å². The molecule has 0 unspecified atom stereocenters. The van der Waals surface area contributed by atoms with E-state index < -0.39 is 12.1 Å². The number of hydrogen-bond donors (Lipinski definition) is 1. The Labute approximate surface area is 140 Å². The van der Waals surface area contributed by atoms with Crippen LogP contribution < -0.4 is 5.32 Å². The van der Waals surface area contributed by atoms with E-state index in [4.69, 9.17) is 21.1 Å². The van der Waals surface area contributed by atoms with Crippen LogP contribution in [0.15, 0.2) is 24.3 Å². The van der Waals surface area contributed by atoms with Crippen LogP contribution in [-0.4, -0.2) is 56.7 Å². The largest absolute Gasteiger partial charge is 0.385 e. The van der Waals surface area contributed by atoms with Crippen LogP contribution in [0, 0.1) is 0 Å². The molecule has 2 amide bonds. The summed E-state index contributed by atoms with van der Waals surface area (Å²) in [6.45, 7) is 0.971. The highest BCUT2D eigenvalue weighted by Gasteiger charge is 2.39. The van der Waals surface area contributed by atoms with Gasteiger partial charge in [-0.1, -0.05) is 23.7 Å². The molecule has 1 fully saturated rings. The van der Waals surface area contributed by atoms with E-state index in [1.165, 1.54) is 0 Å². The standard InChI is InChI=1S/C16H21ClN2O4/c1-19-13(20)10-23-15(16(21)18-8-3-9-22-2)14(19)11-4-6-12(17)7-5-11/h4-7,14-15H,3,8-10H2,1-2H3,(H,18,21)/t14-,15-/m1/s1. The van der Waals surface area contributed by atoms with Crippen LogP contribution in [0.25, 0.3) is 0 Å². The number of nitrogens with zero attached hydrogens (tertiary/aromatic N) is 1. The first-order valence-corrected chi connectivity index (χ1v) is 7.81. The van der Waals surface area contributed by atoms with Gasteiger partial charge in [0.1, 0.15) is 6.61 Å². The van der Waals surface area contributed by atoms with E-state index in [1.807, 2.05) is 0 Å². The molecule has 126 valence electrons. The molecule has 1 saturated heterocycles. The number of rotatable bonds is 6. The summed E-state index contributed by atoms with van der Waals surface area (Å²) in [7, 11) is 3.29. The molecule has 0 bridgehead atoms. The van der Waals surface area contributed by atoms with Crippen LogP contribution in [0.5, 0.6) is 0 Å². The molecule has 0 spiro atoms. The summed E-state index contributed by atoms with van der Waals surface area (Å²) in [6.07, 6.45) is -0.0311. The summed E-state index contributed by atoms with van der Waals surface area (Å²) >= 11 is 5.91. The third-order valence-electron chi connectivity index (χ3n) is 3.78. The van der Waals surface area contributed by atoms with Crippen molar-refractivity contribution in [3.05, 3.63) is 34.9 Å². The van der Waals surface area contributed by atoms with Gasteiger partial charge in [0.25, 0.3) is 5.91 Å². The molecule has 23 heavy (non-hydrogen) atoms. The molecule has 0 aliphatic carbocycles. The number of carbonyl (C=O) groups excluding carboxylic acids is 2. The molecule has 2 atom stereocenters. The van der Waals surface area contributed by atoms with Crippen LogP contribution in [0.3, 0.4) is 0 Å². The minimum absolute atomic E-state index is 0.100. The topological polar surface area (TPSA) is 67.9 Å². The smallest absolute Gasteiger partial charge is 0.251 e. The first-order valence-electron chi connectivity index (χ1n) is 7.44. The first-order chi connectivity index (χ1) is 11.0. The Hall–Kier alpha value is -1.63. The average Bonchev–Trinajstić information content (AvgIpc) is 2.55. The number of benzene rings is 1. The maximum atomic E-state index is 12.4. The molecule has 0 saturated carbocycles. The number of ether oxygens (including phenoxy) is 2. The molecular formula is C16H21ClN2O4. The number of methoxy groups -OCH3 is 1. The van der Waals surface area contributed by atoms with E-state index in [0.29, 0.717) is 18.2 Å². The summed E-state index contributed by atoms with van der Waals surface area (Å²) in [4.78, 5) is 25.9. The molecule has 6 nitrogen and oxygen atoms in total. The van der Waals surface area contributed by atoms with Gasteiger partial charge in [-0.2, -0.15) is 0 Å². The van der Waals surface area contributed by atoms with Crippen LogP contribution in [0.2, 0.25) is 5.02 Å². The van der Waals surface area contributed by atoms with Crippen LogP contribution in [-0.2, 0) is 19.1 Å². The number of halogens is 1. The maximum absolute atomic E-state index is 12.4. The van der Waals surface area contributed by atoms with E-state index in [9.17, 15) is 9.59 Å². The van der Waals surface area contributed by atoms with Crippen molar-refractivity contribution in [3.63, 3.8) is 0 Å². The zero-order valence-corrected chi connectivity index (χ0v) is 14.0. The van der Waals surface area contributed by atoms with Crippen molar-refractivity contribution < 1.29 is 19.1 Å². The fourth-order valence-corrected chi connectivity index (χ4v) is 2.64. The monoisotopic (exact) mass is 340 g/mol. The van der Waals surface area contributed by atoms with Crippen LogP contribution >= 0.6 is 11.6 Å². The Morgan fingerprint density at radius 1 is 1.43 bits per heavy atom. The van der Waals surface area contributed by atoms with Gasteiger partial charge >= 0.3 is 0 Å². The van der Waals surface area contributed by atoms with E-state index in [2.05, 4.69) is 5.32 Å². The third kappa shape index (κ3) is 4.43. The van der Waals surface area contributed by atoms with Crippen molar-refractivity contribution in [1.82, 2.24) is 10.2 Å². The van der Waals surface area contributed by atoms with Gasteiger partial charge in [0.05, 0.1) is 6.04 Å². The fourth-order valence-electron chi connectivity index (χ4n) is 2.52. The van der Waals surface area contributed by atoms with Gasteiger partial charge in [-0.15, -0.1) is 0 Å². The number of likely N-dealkylation sites (N-methyl/N-ethyl adjacent to an activating group) is 1. The molecule has 1 aromatic carbocycles. The van der Waals surface area contributed by atoms with Crippen molar-refractivity contribution in [1.29, 1.82) is 0 Å². The molecule has 1 aliphatic heterocycles. The van der Waals surface area contributed by atoms with Crippen molar-refractivity contribution in [3.8, 4) is 0 Å². The molecular weight excluding hydrogens is 320 g/mol. The second kappa shape index (κ2) is 8.29. The molecule has 1 aromatic rings. The lowest BCUT2D eigenvalue weighted by Gasteiger charge is -2.38. The lowest BCUT2D eigenvalue weighted by molar-refractivity contribution is -0.162. The number of morpholine rings is 1. The zero-order chi connectivity index (χ0) is 16.8. The lowest BCUT2D eigenvalue weighted by Crippen LogP contribution is -2.53. The molecule has 1 aliphatic rings. The van der Waals surface area contributed by atoms with Crippen molar-refractivity contribution in [2.75, 3.05) is 33.9 Å². The quantitative estimate of drug-likeness (QED) is 0.795. The Bertz CT molecular complexity index is 550. The van der Waals surface area contributed by atoms with Crippen LogP contribution in [0.1, 0.15) is 18.0 Å². The molecule has 1 heterocycles. The summed E-state index contributed by atoms with van der Waals surface area (Å²) in [5, 5.41) is 3.42. The summed E-state index contributed by atoms with van der Waals surface area (Å²) in [6, 6.07) is 6.60. The molecule has 0 radical (unpaired) electrons. The van der Waals surface area contributed by atoms with Gasteiger partial charge in [0.2, 0.25) is 5.91 Å². The first kappa shape index (κ1) is 17.7. The predicted octanol–water partition coefficient (Wildman–Crippen LogP) is 1.39. The van der Waals surface area contributed by atoms with E-state index in [0.717, 1.165) is 12.0 Å². The SMILES string of the molecule is COCCCNC(=O)[C@@H]1OCC(=O)N(C)[C@@H]1c1ccc(Cl)cc1. The lowest BCUT2D eigenvalue weighted by atomic mass is 9.97. The molecule has 0 aromatic heterocycles. The highest BCUT2D eigenvalue weighted by atomic mass is 35.5. The number of hydrogen-bond acceptors (Lipinski definition) is 4. The average molecular weight is 341 g/mol. The summed E-state index contributed by atoms with van der Waals surface area (Å²) in [5.41, 5.74) is 0.807. The predicted molar refractivity (Wildman–Crippen MR) is 86.2 cm³/mol. The van der Waals surface area contributed by atoms with Gasteiger partial charge < -0.3 is 19.7 Å². The minimum atomic E-state index is -0.749. The van der Waals surface area contributed by atoms with Gasteiger partial charge in [0, 0.05) is 32.3 Å². The number of nitrogens with one attached hydrogen (secondary N) is 1. The Balaban J connectivity index is 2.13. The summed E-state index contributed by atoms with van der Waals surface area (Å²) in [5.74, 6) is -0.395. The third-order valence-corrected chi connectivity index (χ3v) is 4.03. The van der Waals surface area contributed by atoms with Gasteiger partial charge in [0.15, 0.2) is 6.10 Å². The Kier molecular flexibility index (Phi) is 6.38. The van der Waals surface area contributed by atoms with E-state index >= 15 is 0 Å². The Morgan fingerprint density at radius 3 is 2.78 bits per heavy atom. The Morgan fingerprint density at radius 2 is 2.13 bits per heavy atom. The second-order valence-corrected chi connectivity index (χ2v) is 5.81. The summed E-state index contributed by atoms with van der Waals surface area (Å²) < 4.78 is 10.5.